The molecule has 0 aromatic carbocycles. The lowest BCUT2D eigenvalue weighted by atomic mass is 9.98. The number of nitrogens with one attached hydrogen (secondary N) is 3. The molecule has 0 amide bonds. The van der Waals surface area contributed by atoms with Crippen molar-refractivity contribution in [3.8, 4) is 0 Å². The number of anilines is 1. The molecule has 1 heterocycles. The number of ether oxygens (including phenoxy) is 1. The predicted molar refractivity (Wildman–Crippen MR) is 107 cm³/mol. The molecule has 0 bridgehead atoms. The first-order valence-corrected chi connectivity index (χ1v) is 10.1. The van der Waals surface area contributed by atoms with Gasteiger partial charge in [-0.25, -0.2) is 9.97 Å². The van der Waals surface area contributed by atoms with E-state index >= 15 is 0 Å². The third-order valence-electron chi connectivity index (χ3n) is 4.90. The van der Waals surface area contributed by atoms with Gasteiger partial charge in [0.2, 0.25) is 5.95 Å². The van der Waals surface area contributed by atoms with Crippen molar-refractivity contribution < 1.29 is 17.9 Å². The Labute approximate surface area is 169 Å². The van der Waals surface area contributed by atoms with Crippen molar-refractivity contribution in [1.82, 2.24) is 20.6 Å². The van der Waals surface area contributed by atoms with Crippen molar-refractivity contribution in [3.05, 3.63) is 18.0 Å². The molecular weight excluding hydrogens is 385 g/mol. The molecule has 1 aliphatic rings. The van der Waals surface area contributed by atoms with E-state index in [1.165, 1.54) is 25.7 Å². The fourth-order valence-electron chi connectivity index (χ4n) is 3.51. The highest BCUT2D eigenvalue weighted by atomic mass is 19.4. The smallest absolute Gasteiger partial charge is 0.378 e. The first-order valence-electron chi connectivity index (χ1n) is 10.1. The average Bonchev–Trinajstić information content (AvgIpc) is 3.23. The molecule has 164 valence electrons. The summed E-state index contributed by atoms with van der Waals surface area (Å²) in [6.07, 6.45) is 2.83. The molecule has 0 spiro atoms. The summed E-state index contributed by atoms with van der Waals surface area (Å²) in [5.41, 5.74) is -0.966. The van der Waals surface area contributed by atoms with E-state index in [0.29, 0.717) is 25.0 Å². The minimum absolute atomic E-state index is 0.0549. The van der Waals surface area contributed by atoms with Gasteiger partial charge < -0.3 is 20.7 Å². The Morgan fingerprint density at radius 3 is 2.62 bits per heavy atom. The van der Waals surface area contributed by atoms with Crippen LogP contribution in [0.4, 0.5) is 19.1 Å². The zero-order chi connectivity index (χ0) is 21.1. The molecule has 0 aliphatic heterocycles. The van der Waals surface area contributed by atoms with E-state index in [2.05, 4.69) is 30.9 Å². The van der Waals surface area contributed by atoms with Gasteiger partial charge in [-0.05, 0) is 38.2 Å². The molecular formula is C19H31F3N6O. The molecule has 29 heavy (non-hydrogen) atoms. The number of aromatic nitrogens is 2. The molecule has 1 unspecified atom stereocenters. The summed E-state index contributed by atoms with van der Waals surface area (Å²) in [5, 5.41) is 9.16. The Hall–Kier alpha value is -2.10. The summed E-state index contributed by atoms with van der Waals surface area (Å²) in [4.78, 5) is 11.4. The summed E-state index contributed by atoms with van der Waals surface area (Å²) >= 11 is 0. The van der Waals surface area contributed by atoms with Crippen LogP contribution in [-0.4, -0.2) is 55.3 Å². The number of rotatable bonds is 10. The van der Waals surface area contributed by atoms with Gasteiger partial charge in [0.15, 0.2) is 5.96 Å². The summed E-state index contributed by atoms with van der Waals surface area (Å²) in [7, 11) is 1.68. The van der Waals surface area contributed by atoms with Crippen molar-refractivity contribution >= 4 is 11.9 Å². The molecule has 0 radical (unpaired) electrons. The maximum Gasteiger partial charge on any atom is 0.433 e. The summed E-state index contributed by atoms with van der Waals surface area (Å²) in [6, 6.07) is 0.844. The van der Waals surface area contributed by atoms with Gasteiger partial charge in [0.25, 0.3) is 0 Å². The van der Waals surface area contributed by atoms with Crippen LogP contribution in [0.15, 0.2) is 17.3 Å². The lowest BCUT2D eigenvalue weighted by molar-refractivity contribution is -0.141. The van der Waals surface area contributed by atoms with E-state index < -0.39 is 11.9 Å². The van der Waals surface area contributed by atoms with Gasteiger partial charge in [-0.2, -0.15) is 13.2 Å². The molecule has 1 aromatic rings. The molecule has 2 rings (SSSR count). The molecule has 1 atom stereocenters. The van der Waals surface area contributed by atoms with E-state index in [0.717, 1.165) is 31.8 Å². The van der Waals surface area contributed by atoms with Crippen molar-refractivity contribution in [2.24, 2.45) is 10.9 Å². The van der Waals surface area contributed by atoms with Crippen LogP contribution in [0, 0.1) is 5.92 Å². The third-order valence-corrected chi connectivity index (χ3v) is 4.90. The van der Waals surface area contributed by atoms with Gasteiger partial charge in [0.05, 0.1) is 6.10 Å². The van der Waals surface area contributed by atoms with Crippen molar-refractivity contribution in [1.29, 1.82) is 0 Å². The second-order valence-electron chi connectivity index (χ2n) is 6.94. The number of alkyl halides is 3. The van der Waals surface area contributed by atoms with Crippen LogP contribution in [0.25, 0.3) is 0 Å². The maximum atomic E-state index is 12.7. The fourth-order valence-corrected chi connectivity index (χ4v) is 3.51. The maximum absolute atomic E-state index is 12.7. The molecule has 1 saturated carbocycles. The van der Waals surface area contributed by atoms with E-state index in [9.17, 15) is 13.2 Å². The van der Waals surface area contributed by atoms with E-state index in [4.69, 9.17) is 4.74 Å². The highest BCUT2D eigenvalue weighted by molar-refractivity contribution is 5.79. The quantitative estimate of drug-likeness (QED) is 0.309. The minimum Gasteiger partial charge on any atom is -0.378 e. The molecule has 7 nitrogen and oxygen atoms in total. The third kappa shape index (κ3) is 8.04. The Morgan fingerprint density at radius 1 is 1.24 bits per heavy atom. The Morgan fingerprint density at radius 2 is 1.97 bits per heavy atom. The summed E-state index contributed by atoms with van der Waals surface area (Å²) < 4.78 is 43.9. The highest BCUT2D eigenvalue weighted by Gasteiger charge is 2.32. The van der Waals surface area contributed by atoms with Gasteiger partial charge in [-0.1, -0.05) is 12.8 Å². The first kappa shape index (κ1) is 23.2. The highest BCUT2D eigenvalue weighted by Crippen LogP contribution is 2.30. The SMILES string of the molecule is CCOC(CCNC(=NC)NCCNc1nccc(C(F)(F)F)n1)C1CCCC1. The van der Waals surface area contributed by atoms with E-state index in [-0.39, 0.29) is 12.1 Å². The molecule has 10 heteroatoms. The summed E-state index contributed by atoms with van der Waals surface area (Å²) in [6.45, 7) is 4.29. The number of guanidine groups is 1. The van der Waals surface area contributed by atoms with Crippen LogP contribution in [0.3, 0.4) is 0 Å². The van der Waals surface area contributed by atoms with E-state index in [1.54, 1.807) is 7.05 Å². The number of nitrogens with zero attached hydrogens (tertiary/aromatic N) is 3. The Balaban J connectivity index is 1.68. The minimum atomic E-state index is -4.48. The second-order valence-corrected chi connectivity index (χ2v) is 6.94. The Bertz CT molecular complexity index is 635. The first-order chi connectivity index (χ1) is 13.9. The lowest BCUT2D eigenvalue weighted by Crippen LogP contribution is -2.41. The zero-order valence-corrected chi connectivity index (χ0v) is 17.1. The lowest BCUT2D eigenvalue weighted by Gasteiger charge is -2.24. The zero-order valence-electron chi connectivity index (χ0n) is 17.1. The summed E-state index contributed by atoms with van der Waals surface area (Å²) in [5.74, 6) is 1.22. The van der Waals surface area contributed by atoms with Gasteiger partial charge in [-0.3, -0.25) is 4.99 Å². The van der Waals surface area contributed by atoms with Crippen LogP contribution in [0.5, 0.6) is 0 Å². The topological polar surface area (TPSA) is 83.5 Å². The van der Waals surface area contributed by atoms with E-state index in [1.807, 2.05) is 6.92 Å². The van der Waals surface area contributed by atoms with Crippen LogP contribution in [-0.2, 0) is 10.9 Å². The molecule has 3 N–H and O–H groups in total. The van der Waals surface area contributed by atoms with Gasteiger partial charge >= 0.3 is 6.18 Å². The number of halogens is 3. The predicted octanol–water partition coefficient (Wildman–Crippen LogP) is 3.06. The standard InChI is InChI=1S/C19H31F3N6O/c1-3-29-15(14-6-4-5-7-14)8-10-24-17(23-2)26-12-13-27-18-25-11-9-16(28-18)19(20,21)22/h9,11,14-15H,3-8,10,12-13H2,1-2H3,(H2,23,24,26)(H,25,27,28). The Kier molecular flexibility index (Phi) is 9.43. The van der Waals surface area contributed by atoms with Crippen LogP contribution >= 0.6 is 0 Å². The number of hydrogen-bond donors (Lipinski definition) is 3. The molecule has 0 saturated heterocycles. The monoisotopic (exact) mass is 416 g/mol. The molecule has 1 fully saturated rings. The van der Waals surface area contributed by atoms with Crippen LogP contribution in [0.2, 0.25) is 0 Å². The average molecular weight is 416 g/mol. The van der Waals surface area contributed by atoms with Gasteiger partial charge in [0.1, 0.15) is 5.69 Å². The van der Waals surface area contributed by atoms with Crippen molar-refractivity contribution in [3.63, 3.8) is 0 Å². The van der Waals surface area contributed by atoms with Crippen molar-refractivity contribution in [2.75, 3.05) is 38.6 Å². The fraction of sp³-hybridized carbons (Fsp3) is 0.737. The van der Waals surface area contributed by atoms with Crippen molar-refractivity contribution in [2.45, 2.75) is 51.3 Å². The second kappa shape index (κ2) is 11.8. The molecule has 1 aromatic heterocycles. The van der Waals surface area contributed by atoms with Crippen LogP contribution < -0.4 is 16.0 Å². The van der Waals surface area contributed by atoms with Gasteiger partial charge in [-0.15, -0.1) is 0 Å². The van der Waals surface area contributed by atoms with Crippen LogP contribution in [0.1, 0.15) is 44.7 Å². The van der Waals surface area contributed by atoms with Gasteiger partial charge in [0, 0.05) is 39.5 Å². The number of aliphatic imine (C=N–C) groups is 1. The largest absolute Gasteiger partial charge is 0.433 e. The number of hydrogen-bond acceptors (Lipinski definition) is 5. The normalized spacial score (nSPS) is 16.7. The molecule has 1 aliphatic carbocycles.